The molecule has 0 atom stereocenters. The summed E-state index contributed by atoms with van der Waals surface area (Å²) in [6, 6.07) is 18.6. The first-order valence-electron chi connectivity index (χ1n) is 7.27. The number of esters is 1. The highest BCUT2D eigenvalue weighted by atomic mass is 16.5. The van der Waals surface area contributed by atoms with Crippen molar-refractivity contribution in [3.05, 3.63) is 65.7 Å². The Morgan fingerprint density at radius 2 is 1.78 bits per heavy atom. The summed E-state index contributed by atoms with van der Waals surface area (Å²) in [7, 11) is 0. The first kappa shape index (κ1) is 16.3. The molecule has 4 heteroatoms. The molecule has 0 spiro atoms. The Hall–Kier alpha value is -3.06. The smallest absolute Gasteiger partial charge is 0.349 e. The van der Waals surface area contributed by atoms with E-state index in [1.54, 1.807) is 19.9 Å². The van der Waals surface area contributed by atoms with Crippen molar-refractivity contribution in [1.29, 1.82) is 5.26 Å². The van der Waals surface area contributed by atoms with Crippen LogP contribution in [-0.2, 0) is 9.53 Å². The summed E-state index contributed by atoms with van der Waals surface area (Å²) >= 11 is 0. The van der Waals surface area contributed by atoms with Gasteiger partial charge in [-0.3, -0.25) is 0 Å². The zero-order chi connectivity index (χ0) is 16.7. The van der Waals surface area contributed by atoms with E-state index in [4.69, 9.17) is 9.47 Å². The molecule has 2 aromatic carbocycles. The molecule has 116 valence electrons. The fourth-order valence-corrected chi connectivity index (χ4v) is 2.05. The average molecular weight is 307 g/mol. The SMILES string of the molecule is CCOC(=O)/C(C#N)=C(/C)c1cccc(Oc2ccccc2)c1. The van der Waals surface area contributed by atoms with Crippen molar-refractivity contribution in [3.63, 3.8) is 0 Å². The third-order valence-electron chi connectivity index (χ3n) is 3.21. The van der Waals surface area contributed by atoms with Gasteiger partial charge in [-0.05, 0) is 49.2 Å². The maximum atomic E-state index is 11.8. The molecule has 0 unspecified atom stereocenters. The molecule has 0 aliphatic carbocycles. The van der Waals surface area contributed by atoms with Crippen molar-refractivity contribution in [2.75, 3.05) is 6.61 Å². The number of nitriles is 1. The van der Waals surface area contributed by atoms with Crippen molar-refractivity contribution in [2.45, 2.75) is 13.8 Å². The van der Waals surface area contributed by atoms with E-state index >= 15 is 0 Å². The Labute approximate surface area is 135 Å². The average Bonchev–Trinajstić information content (AvgIpc) is 2.57. The van der Waals surface area contributed by atoms with Gasteiger partial charge in [0.15, 0.2) is 0 Å². The van der Waals surface area contributed by atoms with E-state index in [9.17, 15) is 10.1 Å². The van der Waals surface area contributed by atoms with E-state index in [-0.39, 0.29) is 12.2 Å². The summed E-state index contributed by atoms with van der Waals surface area (Å²) in [5.74, 6) is 0.744. The maximum Gasteiger partial charge on any atom is 0.349 e. The molecule has 0 aromatic heterocycles. The van der Waals surface area contributed by atoms with Crippen LogP contribution >= 0.6 is 0 Å². The quantitative estimate of drug-likeness (QED) is 0.468. The van der Waals surface area contributed by atoms with Crippen LogP contribution in [0.4, 0.5) is 0 Å². The molecule has 0 N–H and O–H groups in total. The molecule has 0 saturated carbocycles. The fraction of sp³-hybridized carbons (Fsp3) is 0.158. The molecular formula is C19H17NO3. The van der Waals surface area contributed by atoms with Gasteiger partial charge < -0.3 is 9.47 Å². The Morgan fingerprint density at radius 1 is 1.09 bits per heavy atom. The largest absolute Gasteiger partial charge is 0.462 e. The minimum atomic E-state index is -0.609. The molecule has 0 heterocycles. The number of carbonyl (C=O) groups is 1. The third-order valence-corrected chi connectivity index (χ3v) is 3.21. The van der Waals surface area contributed by atoms with E-state index in [1.807, 2.05) is 54.6 Å². The summed E-state index contributed by atoms with van der Waals surface area (Å²) in [6.07, 6.45) is 0. The van der Waals surface area contributed by atoms with Gasteiger partial charge in [0.25, 0.3) is 0 Å². The topological polar surface area (TPSA) is 59.3 Å². The van der Waals surface area contributed by atoms with Gasteiger partial charge >= 0.3 is 5.97 Å². The monoisotopic (exact) mass is 307 g/mol. The normalized spacial score (nSPS) is 11.2. The van der Waals surface area contributed by atoms with E-state index in [2.05, 4.69) is 0 Å². The number of carbonyl (C=O) groups excluding carboxylic acids is 1. The Balaban J connectivity index is 2.31. The van der Waals surface area contributed by atoms with Crippen LogP contribution in [0.1, 0.15) is 19.4 Å². The maximum absolute atomic E-state index is 11.8. The van der Waals surface area contributed by atoms with Crippen LogP contribution < -0.4 is 4.74 Å². The standard InChI is InChI=1S/C19H17NO3/c1-3-22-19(21)18(13-20)14(2)15-8-7-11-17(12-15)23-16-9-5-4-6-10-16/h4-12H,3H2,1-2H3/b18-14-. The number of hydrogen-bond acceptors (Lipinski definition) is 4. The highest BCUT2D eigenvalue weighted by molar-refractivity contribution is 6.01. The van der Waals surface area contributed by atoms with Crippen LogP contribution in [0.3, 0.4) is 0 Å². The van der Waals surface area contributed by atoms with Crippen molar-refractivity contribution in [3.8, 4) is 17.6 Å². The van der Waals surface area contributed by atoms with Gasteiger partial charge in [0.2, 0.25) is 0 Å². The minimum absolute atomic E-state index is 0.00344. The number of benzene rings is 2. The molecule has 0 radical (unpaired) electrons. The lowest BCUT2D eigenvalue weighted by molar-refractivity contribution is -0.137. The van der Waals surface area contributed by atoms with Crippen molar-refractivity contribution in [1.82, 2.24) is 0 Å². The number of nitrogens with zero attached hydrogens (tertiary/aromatic N) is 1. The predicted octanol–water partition coefficient (Wildman–Crippen LogP) is 4.34. The van der Waals surface area contributed by atoms with Gasteiger partial charge in [-0.25, -0.2) is 4.79 Å². The first-order valence-corrected chi connectivity index (χ1v) is 7.27. The second-order valence-corrected chi connectivity index (χ2v) is 4.78. The zero-order valence-electron chi connectivity index (χ0n) is 13.1. The Bertz CT molecular complexity index is 758. The Morgan fingerprint density at radius 3 is 2.43 bits per heavy atom. The van der Waals surface area contributed by atoms with Gasteiger partial charge in [-0.15, -0.1) is 0 Å². The summed E-state index contributed by atoms with van der Waals surface area (Å²) in [6.45, 7) is 3.65. The lowest BCUT2D eigenvalue weighted by Gasteiger charge is -2.09. The van der Waals surface area contributed by atoms with Gasteiger partial charge in [0.05, 0.1) is 6.61 Å². The molecule has 23 heavy (non-hydrogen) atoms. The van der Waals surface area contributed by atoms with Crippen LogP contribution in [-0.4, -0.2) is 12.6 Å². The van der Waals surface area contributed by atoms with Gasteiger partial charge in [0, 0.05) is 0 Å². The van der Waals surface area contributed by atoms with E-state index < -0.39 is 5.97 Å². The number of allylic oxidation sites excluding steroid dienone is 1. The van der Waals surface area contributed by atoms with Gasteiger partial charge in [-0.2, -0.15) is 5.26 Å². The predicted molar refractivity (Wildman–Crippen MR) is 87.8 cm³/mol. The molecule has 2 aromatic rings. The summed E-state index contributed by atoms with van der Waals surface area (Å²) < 4.78 is 10.7. The fourth-order valence-electron chi connectivity index (χ4n) is 2.05. The third kappa shape index (κ3) is 4.21. The Kier molecular flexibility index (Phi) is 5.54. The van der Waals surface area contributed by atoms with Crippen LogP contribution in [0.25, 0.3) is 5.57 Å². The molecule has 0 bridgehead atoms. The van der Waals surface area contributed by atoms with Crippen LogP contribution in [0.5, 0.6) is 11.5 Å². The summed E-state index contributed by atoms with van der Waals surface area (Å²) in [5.41, 5.74) is 1.30. The van der Waals surface area contributed by atoms with Gasteiger partial charge in [-0.1, -0.05) is 30.3 Å². The molecule has 0 amide bonds. The molecule has 0 saturated heterocycles. The molecule has 0 aliphatic heterocycles. The van der Waals surface area contributed by atoms with Crippen molar-refractivity contribution < 1.29 is 14.3 Å². The van der Waals surface area contributed by atoms with Crippen LogP contribution in [0, 0.1) is 11.3 Å². The second-order valence-electron chi connectivity index (χ2n) is 4.78. The molecular weight excluding hydrogens is 290 g/mol. The van der Waals surface area contributed by atoms with E-state index in [1.165, 1.54) is 0 Å². The lowest BCUT2D eigenvalue weighted by atomic mass is 10.0. The van der Waals surface area contributed by atoms with Gasteiger partial charge in [0.1, 0.15) is 23.1 Å². The van der Waals surface area contributed by atoms with Crippen LogP contribution in [0.2, 0.25) is 0 Å². The number of hydrogen-bond donors (Lipinski definition) is 0. The molecule has 0 aliphatic rings. The number of para-hydroxylation sites is 1. The minimum Gasteiger partial charge on any atom is -0.462 e. The summed E-state index contributed by atoms with van der Waals surface area (Å²) in [5, 5.41) is 9.22. The van der Waals surface area contributed by atoms with Crippen LogP contribution in [0.15, 0.2) is 60.2 Å². The highest BCUT2D eigenvalue weighted by Gasteiger charge is 2.15. The van der Waals surface area contributed by atoms with E-state index in [0.29, 0.717) is 11.3 Å². The number of ether oxygens (including phenoxy) is 2. The second kappa shape index (κ2) is 7.81. The molecule has 0 fully saturated rings. The van der Waals surface area contributed by atoms with Crippen molar-refractivity contribution in [2.24, 2.45) is 0 Å². The zero-order valence-corrected chi connectivity index (χ0v) is 13.1. The van der Waals surface area contributed by atoms with Crippen molar-refractivity contribution >= 4 is 11.5 Å². The number of rotatable bonds is 5. The van der Waals surface area contributed by atoms with E-state index in [0.717, 1.165) is 11.3 Å². The summed E-state index contributed by atoms with van der Waals surface area (Å²) in [4.78, 5) is 11.8. The lowest BCUT2D eigenvalue weighted by Crippen LogP contribution is -2.08. The highest BCUT2D eigenvalue weighted by Crippen LogP contribution is 2.26. The first-order chi connectivity index (χ1) is 11.2. The molecule has 4 nitrogen and oxygen atoms in total. The molecule has 2 rings (SSSR count).